The summed E-state index contributed by atoms with van der Waals surface area (Å²) in [4.78, 5) is 15.7. The summed E-state index contributed by atoms with van der Waals surface area (Å²) in [5, 5.41) is 12.3. The van der Waals surface area contributed by atoms with Crippen LogP contribution in [0.15, 0.2) is 24.5 Å². The van der Waals surface area contributed by atoms with Crippen molar-refractivity contribution >= 4 is 5.78 Å². The van der Waals surface area contributed by atoms with Gasteiger partial charge in [-0.3, -0.25) is 4.79 Å². The predicted octanol–water partition coefficient (Wildman–Crippen LogP) is 1.87. The zero-order chi connectivity index (χ0) is 14.0. The van der Waals surface area contributed by atoms with Crippen molar-refractivity contribution in [3.8, 4) is 6.07 Å². The lowest BCUT2D eigenvalue weighted by Crippen LogP contribution is -2.18. The molecule has 0 radical (unpaired) electrons. The molecule has 1 aromatic heterocycles. The van der Waals surface area contributed by atoms with Gasteiger partial charge in [-0.15, -0.1) is 5.10 Å². The monoisotopic (exact) mass is 262 g/mol. The number of aromatic nitrogens is 3. The van der Waals surface area contributed by atoms with Crippen molar-refractivity contribution in [2.24, 2.45) is 0 Å². The lowest BCUT2D eigenvalue weighted by Gasteiger charge is -2.10. The lowest BCUT2D eigenvalue weighted by molar-refractivity contribution is 0.0923. The van der Waals surface area contributed by atoms with Crippen LogP contribution in [0.4, 0.5) is 8.78 Å². The van der Waals surface area contributed by atoms with Gasteiger partial charge in [-0.25, -0.2) is 18.4 Å². The van der Waals surface area contributed by atoms with Gasteiger partial charge in [0.2, 0.25) is 0 Å². The Bertz CT molecular complexity index is 675. The smallest absolute Gasteiger partial charge is 0.252 e. The molecule has 0 N–H and O–H groups in total. The van der Waals surface area contributed by atoms with Crippen LogP contribution in [0.3, 0.4) is 0 Å². The molecule has 19 heavy (non-hydrogen) atoms. The molecule has 0 aliphatic carbocycles. The Morgan fingerprint density at radius 1 is 1.47 bits per heavy atom. The maximum absolute atomic E-state index is 13.5. The molecule has 0 fully saturated rings. The van der Waals surface area contributed by atoms with Gasteiger partial charge >= 0.3 is 0 Å². The third-order valence-corrected chi connectivity index (χ3v) is 2.58. The largest absolute Gasteiger partial charge is 0.292 e. The summed E-state index contributed by atoms with van der Waals surface area (Å²) >= 11 is 0. The zero-order valence-electron chi connectivity index (χ0n) is 9.84. The van der Waals surface area contributed by atoms with Crippen LogP contribution in [-0.4, -0.2) is 20.5 Å². The van der Waals surface area contributed by atoms with Crippen LogP contribution in [0.5, 0.6) is 0 Å². The molecule has 7 heteroatoms. The summed E-state index contributed by atoms with van der Waals surface area (Å²) in [6, 6.07) is 3.60. The van der Waals surface area contributed by atoms with Crippen LogP contribution < -0.4 is 0 Å². The number of halogens is 2. The van der Waals surface area contributed by atoms with Crippen LogP contribution in [0, 0.1) is 23.0 Å². The van der Waals surface area contributed by atoms with Crippen molar-refractivity contribution in [3.05, 3.63) is 47.5 Å². The van der Waals surface area contributed by atoms with Crippen LogP contribution in [0.2, 0.25) is 0 Å². The first-order chi connectivity index (χ1) is 9.02. The highest BCUT2D eigenvalue weighted by Gasteiger charge is 2.21. The van der Waals surface area contributed by atoms with E-state index in [0.717, 1.165) is 16.8 Å². The van der Waals surface area contributed by atoms with E-state index in [9.17, 15) is 13.6 Å². The Labute approximate surface area is 107 Å². The van der Waals surface area contributed by atoms with Gasteiger partial charge in [0.25, 0.3) is 5.82 Å². The minimum atomic E-state index is -0.933. The summed E-state index contributed by atoms with van der Waals surface area (Å²) in [7, 11) is 0. The average Bonchev–Trinajstić information content (AvgIpc) is 2.86. The normalized spacial score (nSPS) is 11.9. The van der Waals surface area contributed by atoms with Gasteiger partial charge in [-0.1, -0.05) is 0 Å². The van der Waals surface area contributed by atoms with Crippen LogP contribution >= 0.6 is 0 Å². The number of carbonyl (C=O) groups is 1. The highest BCUT2D eigenvalue weighted by Crippen LogP contribution is 2.17. The van der Waals surface area contributed by atoms with Crippen LogP contribution in [0.25, 0.3) is 0 Å². The number of Topliss-reactive ketones (excluding diaryl/α,β-unsaturated/α-hetero) is 1. The fourth-order valence-electron chi connectivity index (χ4n) is 1.55. The number of nitrogens with zero attached hydrogens (tertiary/aromatic N) is 4. The summed E-state index contributed by atoms with van der Waals surface area (Å²) in [6.45, 7) is 1.49. The minimum absolute atomic E-state index is 0.0840. The van der Waals surface area contributed by atoms with Gasteiger partial charge in [-0.05, 0) is 19.1 Å². The van der Waals surface area contributed by atoms with Gasteiger partial charge in [0.1, 0.15) is 30.1 Å². The molecule has 1 unspecified atom stereocenters. The standard InChI is InChI=1S/C12H8F2N4O/c1-7(18-6-16-11(5-15)17-18)12(19)9-3-2-8(13)4-10(9)14/h2-4,6-7H,1H3. The number of hydrogen-bond donors (Lipinski definition) is 0. The lowest BCUT2D eigenvalue weighted by atomic mass is 10.1. The molecule has 1 aromatic carbocycles. The maximum Gasteiger partial charge on any atom is 0.252 e. The highest BCUT2D eigenvalue weighted by molar-refractivity contribution is 5.98. The fourth-order valence-corrected chi connectivity index (χ4v) is 1.55. The zero-order valence-corrected chi connectivity index (χ0v) is 9.84. The Kier molecular flexibility index (Phi) is 3.33. The number of benzene rings is 1. The highest BCUT2D eigenvalue weighted by atomic mass is 19.1. The first kappa shape index (κ1) is 12.8. The molecule has 1 heterocycles. The van der Waals surface area contributed by atoms with E-state index in [0.29, 0.717) is 6.07 Å². The maximum atomic E-state index is 13.5. The second-order valence-electron chi connectivity index (χ2n) is 3.82. The van der Waals surface area contributed by atoms with E-state index in [1.807, 2.05) is 0 Å². The SMILES string of the molecule is CC(C(=O)c1ccc(F)cc1F)n1cnc(C#N)n1. The van der Waals surface area contributed by atoms with E-state index >= 15 is 0 Å². The molecule has 5 nitrogen and oxygen atoms in total. The Hall–Kier alpha value is -2.62. The van der Waals surface area contributed by atoms with E-state index in [1.165, 1.54) is 13.3 Å². The third-order valence-electron chi connectivity index (χ3n) is 2.58. The van der Waals surface area contributed by atoms with Crippen molar-refractivity contribution in [1.82, 2.24) is 14.8 Å². The topological polar surface area (TPSA) is 71.6 Å². The number of carbonyl (C=O) groups excluding carboxylic acids is 1. The van der Waals surface area contributed by atoms with Crippen molar-refractivity contribution in [2.45, 2.75) is 13.0 Å². The summed E-state index contributed by atoms with van der Waals surface area (Å²) in [6.07, 6.45) is 1.21. The van der Waals surface area contributed by atoms with Crippen LogP contribution in [0.1, 0.15) is 29.1 Å². The first-order valence-corrected chi connectivity index (χ1v) is 5.33. The number of hydrogen-bond acceptors (Lipinski definition) is 4. The Balaban J connectivity index is 2.31. The molecule has 2 rings (SSSR count). The second-order valence-corrected chi connectivity index (χ2v) is 3.82. The third kappa shape index (κ3) is 2.47. The molecule has 0 saturated heterocycles. The first-order valence-electron chi connectivity index (χ1n) is 5.33. The molecule has 0 amide bonds. The Morgan fingerprint density at radius 3 is 2.79 bits per heavy atom. The predicted molar refractivity (Wildman–Crippen MR) is 60.1 cm³/mol. The molecular formula is C12H8F2N4O. The summed E-state index contributed by atoms with van der Waals surface area (Å²) in [5.41, 5.74) is -0.233. The minimum Gasteiger partial charge on any atom is -0.292 e. The van der Waals surface area contributed by atoms with E-state index in [4.69, 9.17) is 5.26 Å². The van der Waals surface area contributed by atoms with E-state index in [1.54, 1.807) is 6.07 Å². The molecule has 2 aromatic rings. The van der Waals surface area contributed by atoms with Gasteiger partial charge in [0.15, 0.2) is 5.78 Å². The van der Waals surface area contributed by atoms with Crippen LogP contribution in [-0.2, 0) is 0 Å². The van der Waals surface area contributed by atoms with Gasteiger partial charge in [0.05, 0.1) is 5.56 Å². The molecule has 0 aliphatic rings. The van der Waals surface area contributed by atoms with Crippen molar-refractivity contribution in [2.75, 3.05) is 0 Å². The van der Waals surface area contributed by atoms with E-state index in [-0.39, 0.29) is 11.4 Å². The quantitative estimate of drug-likeness (QED) is 0.791. The molecule has 1 atom stereocenters. The molecule has 96 valence electrons. The van der Waals surface area contributed by atoms with Gasteiger partial charge in [0, 0.05) is 6.07 Å². The molecule has 0 bridgehead atoms. The second kappa shape index (κ2) is 4.94. The summed E-state index contributed by atoms with van der Waals surface area (Å²) in [5.74, 6) is -2.35. The van der Waals surface area contributed by atoms with E-state index < -0.39 is 23.5 Å². The number of rotatable bonds is 3. The Morgan fingerprint density at radius 2 is 2.21 bits per heavy atom. The average molecular weight is 262 g/mol. The number of nitriles is 1. The van der Waals surface area contributed by atoms with Gasteiger partial charge < -0.3 is 0 Å². The van der Waals surface area contributed by atoms with Crippen molar-refractivity contribution in [1.29, 1.82) is 5.26 Å². The summed E-state index contributed by atoms with van der Waals surface area (Å²) < 4.78 is 27.4. The van der Waals surface area contributed by atoms with Gasteiger partial charge in [-0.2, -0.15) is 5.26 Å². The number of ketones is 1. The molecular weight excluding hydrogens is 254 g/mol. The van der Waals surface area contributed by atoms with Crippen molar-refractivity contribution < 1.29 is 13.6 Å². The fraction of sp³-hybridized carbons (Fsp3) is 0.167. The van der Waals surface area contributed by atoms with Crippen molar-refractivity contribution in [3.63, 3.8) is 0 Å². The molecule has 0 saturated carbocycles. The molecule has 0 spiro atoms. The molecule has 0 aliphatic heterocycles. The van der Waals surface area contributed by atoms with E-state index in [2.05, 4.69) is 10.1 Å².